The second-order valence-electron chi connectivity index (χ2n) is 8.48. The number of rotatable bonds is 11. The molecule has 2 aromatic rings. The van der Waals surface area contributed by atoms with Gasteiger partial charge < -0.3 is 25.2 Å². The summed E-state index contributed by atoms with van der Waals surface area (Å²) in [6, 6.07) is 4.06. The number of benzene rings is 1. The summed E-state index contributed by atoms with van der Waals surface area (Å²) in [6.45, 7) is 6.63. The first-order valence-electron chi connectivity index (χ1n) is 12.0. The predicted octanol–water partition coefficient (Wildman–Crippen LogP) is 3.39. The molecule has 2 amide bonds. The smallest absolute Gasteiger partial charge is 0.387 e. The standard InChI is InChI=1S/C26H30ClF2N7O3/c1-5-9-31-24(30-3)18(6-2)25(38)32-20-15-36(16-22(37)35-12-10-34(4)11-13-35)33-23(20)19-14-17(27)7-8-21(19)39-26(28)29/h5-9,14-15,26,30H,1-2,10-13,16H2,3-4H3,(H,32,38)/b24-18-,31-9-. The van der Waals surface area contributed by atoms with Crippen molar-refractivity contribution in [3.05, 3.63) is 66.1 Å². The molecule has 0 atom stereocenters. The number of hydrogen-bond donors (Lipinski definition) is 2. The van der Waals surface area contributed by atoms with E-state index in [9.17, 15) is 18.4 Å². The number of nitrogens with zero attached hydrogens (tertiary/aromatic N) is 5. The van der Waals surface area contributed by atoms with E-state index in [4.69, 9.17) is 11.6 Å². The lowest BCUT2D eigenvalue weighted by Crippen LogP contribution is -2.48. The molecular weight excluding hydrogens is 532 g/mol. The molecule has 1 aromatic carbocycles. The van der Waals surface area contributed by atoms with Crippen LogP contribution in [0.3, 0.4) is 0 Å². The fraction of sp³-hybridized carbons (Fsp3) is 0.308. The fourth-order valence-corrected chi connectivity index (χ4v) is 4.03. The zero-order valence-corrected chi connectivity index (χ0v) is 22.4. The van der Waals surface area contributed by atoms with Crippen LogP contribution in [0.2, 0.25) is 5.02 Å². The first-order valence-corrected chi connectivity index (χ1v) is 12.3. The predicted molar refractivity (Wildman–Crippen MR) is 147 cm³/mol. The van der Waals surface area contributed by atoms with Crippen LogP contribution in [0.15, 0.2) is 66.1 Å². The molecule has 1 aliphatic heterocycles. The van der Waals surface area contributed by atoms with Gasteiger partial charge in [0.2, 0.25) is 5.91 Å². The molecule has 0 saturated carbocycles. The minimum Gasteiger partial charge on any atom is -0.434 e. The van der Waals surface area contributed by atoms with Crippen LogP contribution >= 0.6 is 11.6 Å². The van der Waals surface area contributed by atoms with E-state index in [1.54, 1.807) is 11.9 Å². The average molecular weight is 562 g/mol. The van der Waals surface area contributed by atoms with E-state index in [1.807, 2.05) is 7.05 Å². The quantitative estimate of drug-likeness (QED) is 0.248. The van der Waals surface area contributed by atoms with Crippen LogP contribution in [-0.2, 0) is 16.1 Å². The van der Waals surface area contributed by atoms with Gasteiger partial charge in [-0.05, 0) is 25.2 Å². The summed E-state index contributed by atoms with van der Waals surface area (Å²) >= 11 is 6.16. The van der Waals surface area contributed by atoms with Crippen LogP contribution in [0.4, 0.5) is 14.5 Å². The molecule has 0 bridgehead atoms. The van der Waals surface area contributed by atoms with Crippen molar-refractivity contribution in [1.29, 1.82) is 0 Å². The highest BCUT2D eigenvalue weighted by Crippen LogP contribution is 2.37. The minimum absolute atomic E-state index is 0.0803. The molecule has 2 heterocycles. The van der Waals surface area contributed by atoms with Gasteiger partial charge in [-0.1, -0.05) is 36.9 Å². The number of carbonyl (C=O) groups is 2. The van der Waals surface area contributed by atoms with Crippen LogP contribution in [0.25, 0.3) is 11.3 Å². The number of carbonyl (C=O) groups excluding carboxylic acids is 2. The summed E-state index contributed by atoms with van der Waals surface area (Å²) in [5.41, 5.74) is 0.413. The molecule has 1 fully saturated rings. The van der Waals surface area contributed by atoms with Gasteiger partial charge in [0, 0.05) is 56.2 Å². The number of aromatic nitrogens is 2. The van der Waals surface area contributed by atoms with Crippen LogP contribution in [0.1, 0.15) is 0 Å². The fourth-order valence-electron chi connectivity index (χ4n) is 3.86. The van der Waals surface area contributed by atoms with Gasteiger partial charge in [0.15, 0.2) is 0 Å². The first kappa shape index (κ1) is 29.5. The zero-order valence-electron chi connectivity index (χ0n) is 21.7. The van der Waals surface area contributed by atoms with Gasteiger partial charge in [0.25, 0.3) is 5.91 Å². The Labute approximate surface area is 230 Å². The number of nitrogens with one attached hydrogen (secondary N) is 2. The van der Waals surface area contributed by atoms with E-state index in [0.717, 1.165) is 13.1 Å². The van der Waals surface area contributed by atoms with Crippen molar-refractivity contribution >= 4 is 35.3 Å². The third kappa shape index (κ3) is 7.74. The lowest BCUT2D eigenvalue weighted by molar-refractivity contribution is -0.133. The molecule has 0 radical (unpaired) electrons. The van der Waals surface area contributed by atoms with Crippen molar-refractivity contribution < 1.29 is 23.1 Å². The van der Waals surface area contributed by atoms with E-state index < -0.39 is 12.5 Å². The second-order valence-corrected chi connectivity index (χ2v) is 8.91. The average Bonchev–Trinajstić information content (AvgIpc) is 3.28. The van der Waals surface area contributed by atoms with Gasteiger partial charge in [0.05, 0.1) is 11.3 Å². The highest BCUT2D eigenvalue weighted by Gasteiger charge is 2.24. The minimum atomic E-state index is -3.11. The summed E-state index contributed by atoms with van der Waals surface area (Å²) in [4.78, 5) is 34.2. The summed E-state index contributed by atoms with van der Waals surface area (Å²) in [5.74, 6) is -0.772. The summed E-state index contributed by atoms with van der Waals surface area (Å²) in [7, 11) is 3.56. The van der Waals surface area contributed by atoms with E-state index >= 15 is 0 Å². The molecular formula is C26H30ClF2N7O3. The Balaban J connectivity index is 2.03. The number of hydrogen-bond acceptors (Lipinski definition) is 7. The van der Waals surface area contributed by atoms with Crippen molar-refractivity contribution in [2.75, 3.05) is 45.6 Å². The van der Waals surface area contributed by atoms with E-state index in [0.29, 0.717) is 13.1 Å². The summed E-state index contributed by atoms with van der Waals surface area (Å²) in [6.07, 6.45) is 5.60. The molecule has 1 saturated heterocycles. The molecule has 39 heavy (non-hydrogen) atoms. The van der Waals surface area contributed by atoms with Crippen LogP contribution in [0, 0.1) is 0 Å². The van der Waals surface area contributed by atoms with E-state index in [2.05, 4.69) is 43.5 Å². The molecule has 0 spiro atoms. The van der Waals surface area contributed by atoms with Crippen LogP contribution in [0.5, 0.6) is 5.75 Å². The maximum absolute atomic E-state index is 13.3. The van der Waals surface area contributed by atoms with Gasteiger partial charge >= 0.3 is 6.61 Å². The number of aliphatic imine (C=N–C) groups is 1. The largest absolute Gasteiger partial charge is 0.434 e. The van der Waals surface area contributed by atoms with Crippen molar-refractivity contribution in [2.24, 2.45) is 4.99 Å². The van der Waals surface area contributed by atoms with Crippen LogP contribution in [-0.4, -0.2) is 84.5 Å². The molecule has 0 aliphatic carbocycles. The highest BCUT2D eigenvalue weighted by molar-refractivity contribution is 6.31. The summed E-state index contributed by atoms with van der Waals surface area (Å²) in [5, 5.41) is 10.2. The Morgan fingerprint density at radius 2 is 1.97 bits per heavy atom. The number of anilines is 1. The molecule has 10 nitrogen and oxygen atoms in total. The Hall–Kier alpha value is -4.03. The maximum atomic E-state index is 13.3. The maximum Gasteiger partial charge on any atom is 0.387 e. The highest BCUT2D eigenvalue weighted by atomic mass is 35.5. The van der Waals surface area contributed by atoms with Gasteiger partial charge in [0.1, 0.15) is 23.8 Å². The van der Waals surface area contributed by atoms with Gasteiger partial charge in [-0.25, -0.2) is 4.99 Å². The summed E-state index contributed by atoms with van der Waals surface area (Å²) < 4.78 is 32.4. The Bertz CT molecular complexity index is 1280. The second kappa shape index (κ2) is 13.7. The Kier molecular flexibility index (Phi) is 10.4. The third-order valence-corrected chi connectivity index (χ3v) is 6.06. The van der Waals surface area contributed by atoms with E-state index in [-0.39, 0.29) is 51.6 Å². The monoisotopic (exact) mass is 561 g/mol. The first-order chi connectivity index (χ1) is 18.7. The normalized spacial score (nSPS) is 14.8. The Morgan fingerprint density at radius 3 is 2.59 bits per heavy atom. The van der Waals surface area contributed by atoms with Gasteiger partial charge in [-0.2, -0.15) is 13.9 Å². The van der Waals surface area contributed by atoms with E-state index in [1.165, 1.54) is 47.4 Å². The molecule has 2 N–H and O–H groups in total. The number of ether oxygens (including phenoxy) is 1. The Morgan fingerprint density at radius 1 is 1.26 bits per heavy atom. The molecule has 1 aromatic heterocycles. The lowest BCUT2D eigenvalue weighted by atomic mass is 10.1. The number of amides is 2. The SMILES string of the molecule is C=C/C=N\C(NC)=C(\C=C)C(=O)Nc1cn(CC(=O)N2CCN(C)CC2)nc1-c1cc(Cl)ccc1OC(F)F. The number of halogens is 3. The molecule has 208 valence electrons. The number of piperazine rings is 1. The zero-order chi connectivity index (χ0) is 28.5. The molecule has 0 unspecified atom stereocenters. The lowest BCUT2D eigenvalue weighted by Gasteiger charge is -2.32. The number of allylic oxidation sites excluding steroid dienone is 1. The van der Waals surface area contributed by atoms with Gasteiger partial charge in [-0.15, -0.1) is 0 Å². The van der Waals surface area contributed by atoms with Crippen molar-refractivity contribution in [3.63, 3.8) is 0 Å². The molecule has 3 rings (SSSR count). The molecule has 1 aliphatic rings. The van der Waals surface area contributed by atoms with Crippen LogP contribution < -0.4 is 15.4 Å². The van der Waals surface area contributed by atoms with Crippen molar-refractivity contribution in [2.45, 2.75) is 13.2 Å². The number of likely N-dealkylation sites (N-methyl/N-ethyl adjacent to an activating group) is 1. The van der Waals surface area contributed by atoms with Crippen molar-refractivity contribution in [3.8, 4) is 17.0 Å². The van der Waals surface area contributed by atoms with Gasteiger partial charge in [-0.3, -0.25) is 14.3 Å². The number of alkyl halides is 2. The topological polar surface area (TPSA) is 104 Å². The third-order valence-electron chi connectivity index (χ3n) is 5.83. The molecule has 13 heteroatoms. The van der Waals surface area contributed by atoms with Crippen molar-refractivity contribution in [1.82, 2.24) is 24.9 Å².